The third-order valence-electron chi connectivity index (χ3n) is 5.41. The zero-order valence-corrected chi connectivity index (χ0v) is 16.2. The van der Waals surface area contributed by atoms with Crippen molar-refractivity contribution in [1.82, 2.24) is 15.1 Å². The Morgan fingerprint density at radius 1 is 1.07 bits per heavy atom. The normalized spacial score (nSPS) is 17.9. The lowest BCUT2D eigenvalue weighted by Crippen LogP contribution is -2.48. The summed E-state index contributed by atoms with van der Waals surface area (Å²) in [7, 11) is 2.07. The summed E-state index contributed by atoms with van der Waals surface area (Å²) in [6.45, 7) is 3.84. The van der Waals surface area contributed by atoms with Gasteiger partial charge in [-0.2, -0.15) is 0 Å². The predicted molar refractivity (Wildman–Crippen MR) is 103 cm³/mol. The van der Waals surface area contributed by atoms with Crippen molar-refractivity contribution in [3.05, 3.63) is 59.2 Å². The number of hydrogen-bond donors (Lipinski definition) is 1. The first kappa shape index (κ1) is 19.6. The number of benzene rings is 2. The average Bonchev–Trinajstić information content (AvgIpc) is 3.17. The number of carbonyl (C=O) groups is 1. The molecule has 2 aromatic rings. The molecule has 2 heterocycles. The molecule has 0 saturated carbocycles. The van der Waals surface area contributed by atoms with E-state index in [0.717, 1.165) is 43.9 Å². The summed E-state index contributed by atoms with van der Waals surface area (Å²) in [6.07, 6.45) is 0. The lowest BCUT2D eigenvalue weighted by molar-refractivity contribution is 0.0879. The Kier molecular flexibility index (Phi) is 5.64. The minimum Gasteiger partial charge on any atom is -0.454 e. The molecular formula is C21H23F2N3O3. The topological polar surface area (TPSA) is 54.0 Å². The van der Waals surface area contributed by atoms with Gasteiger partial charge in [-0.1, -0.05) is 12.1 Å². The highest BCUT2D eigenvalue weighted by molar-refractivity contribution is 5.94. The Balaban J connectivity index is 1.55. The van der Waals surface area contributed by atoms with E-state index in [1.807, 2.05) is 18.2 Å². The average molecular weight is 403 g/mol. The quantitative estimate of drug-likeness (QED) is 0.831. The van der Waals surface area contributed by atoms with Crippen LogP contribution in [-0.4, -0.2) is 62.3 Å². The van der Waals surface area contributed by atoms with Crippen molar-refractivity contribution in [3.8, 4) is 11.5 Å². The minimum absolute atomic E-state index is 0.156. The summed E-state index contributed by atoms with van der Waals surface area (Å²) in [5.74, 6) is -1.17. The number of hydrogen-bond acceptors (Lipinski definition) is 5. The van der Waals surface area contributed by atoms with Crippen LogP contribution in [0.15, 0.2) is 36.4 Å². The number of piperazine rings is 1. The van der Waals surface area contributed by atoms with Crippen LogP contribution >= 0.6 is 0 Å². The zero-order valence-electron chi connectivity index (χ0n) is 16.2. The van der Waals surface area contributed by atoms with E-state index in [0.29, 0.717) is 11.5 Å². The second-order valence-electron chi connectivity index (χ2n) is 7.27. The zero-order chi connectivity index (χ0) is 20.4. The van der Waals surface area contributed by atoms with E-state index in [2.05, 4.69) is 22.2 Å². The number of fused-ring (bicyclic) bond motifs is 1. The van der Waals surface area contributed by atoms with Crippen LogP contribution in [-0.2, 0) is 0 Å². The van der Waals surface area contributed by atoms with Crippen LogP contribution in [0.1, 0.15) is 22.0 Å². The van der Waals surface area contributed by atoms with Crippen LogP contribution in [0.5, 0.6) is 11.5 Å². The fourth-order valence-corrected chi connectivity index (χ4v) is 3.70. The Hall–Kier alpha value is -2.71. The molecule has 2 aliphatic rings. The van der Waals surface area contributed by atoms with Gasteiger partial charge in [-0.05, 0) is 36.9 Å². The van der Waals surface area contributed by atoms with E-state index in [1.165, 1.54) is 6.07 Å². The molecule has 1 saturated heterocycles. The third-order valence-corrected chi connectivity index (χ3v) is 5.41. The third kappa shape index (κ3) is 4.18. The predicted octanol–water partition coefficient (Wildman–Crippen LogP) is 2.41. The number of nitrogens with one attached hydrogen (secondary N) is 1. The van der Waals surface area contributed by atoms with Crippen molar-refractivity contribution in [2.45, 2.75) is 6.04 Å². The van der Waals surface area contributed by atoms with Crippen LogP contribution < -0.4 is 14.8 Å². The summed E-state index contributed by atoms with van der Waals surface area (Å²) in [5.41, 5.74) is 0.392. The number of amides is 1. The van der Waals surface area contributed by atoms with Crippen molar-refractivity contribution in [2.75, 3.05) is 46.6 Å². The van der Waals surface area contributed by atoms with E-state index in [9.17, 15) is 13.6 Å². The summed E-state index contributed by atoms with van der Waals surface area (Å²) < 4.78 is 38.8. The maximum absolute atomic E-state index is 13.9. The molecule has 4 rings (SSSR count). The lowest BCUT2D eigenvalue weighted by atomic mass is 10.0. The van der Waals surface area contributed by atoms with E-state index in [-0.39, 0.29) is 19.4 Å². The van der Waals surface area contributed by atoms with Crippen LogP contribution in [0.25, 0.3) is 0 Å². The van der Waals surface area contributed by atoms with E-state index >= 15 is 0 Å². The smallest absolute Gasteiger partial charge is 0.257 e. The second kappa shape index (κ2) is 8.34. The molecule has 2 aliphatic heterocycles. The Labute approximate surface area is 168 Å². The van der Waals surface area contributed by atoms with Gasteiger partial charge in [0.25, 0.3) is 5.91 Å². The number of nitrogens with zero attached hydrogens (tertiary/aromatic N) is 2. The largest absolute Gasteiger partial charge is 0.454 e. The molecule has 1 N–H and O–H groups in total. The second-order valence-corrected chi connectivity index (χ2v) is 7.27. The van der Waals surface area contributed by atoms with Crippen LogP contribution in [0, 0.1) is 11.6 Å². The maximum atomic E-state index is 13.9. The van der Waals surface area contributed by atoms with E-state index in [1.54, 1.807) is 0 Å². The number of carbonyl (C=O) groups excluding carboxylic acids is 1. The van der Waals surface area contributed by atoms with Gasteiger partial charge in [-0.15, -0.1) is 0 Å². The molecule has 8 heteroatoms. The van der Waals surface area contributed by atoms with Gasteiger partial charge in [-0.25, -0.2) is 8.78 Å². The van der Waals surface area contributed by atoms with Crippen LogP contribution in [0.2, 0.25) is 0 Å². The molecule has 1 fully saturated rings. The first-order valence-corrected chi connectivity index (χ1v) is 9.57. The molecule has 0 aromatic heterocycles. The van der Waals surface area contributed by atoms with Crippen molar-refractivity contribution in [1.29, 1.82) is 0 Å². The van der Waals surface area contributed by atoms with Gasteiger partial charge < -0.3 is 19.7 Å². The number of ether oxygens (including phenoxy) is 2. The molecule has 0 aliphatic carbocycles. The molecule has 1 atom stereocenters. The Morgan fingerprint density at radius 3 is 2.48 bits per heavy atom. The van der Waals surface area contributed by atoms with Crippen molar-refractivity contribution >= 4 is 5.91 Å². The SMILES string of the molecule is CN1CCN([C@@H](CNC(=O)c2c(F)cccc2F)c2ccc3c(c2)OCO3)CC1. The van der Waals surface area contributed by atoms with Crippen molar-refractivity contribution in [3.63, 3.8) is 0 Å². The van der Waals surface area contributed by atoms with Crippen molar-refractivity contribution in [2.24, 2.45) is 0 Å². The Morgan fingerprint density at radius 2 is 1.76 bits per heavy atom. The fourth-order valence-electron chi connectivity index (χ4n) is 3.70. The van der Waals surface area contributed by atoms with Gasteiger partial charge >= 0.3 is 0 Å². The monoisotopic (exact) mass is 403 g/mol. The number of halogens is 2. The molecule has 2 aromatic carbocycles. The van der Waals surface area contributed by atoms with Crippen LogP contribution in [0.4, 0.5) is 8.78 Å². The molecule has 154 valence electrons. The molecule has 0 unspecified atom stereocenters. The standard InChI is InChI=1S/C21H23F2N3O3/c1-25-7-9-26(10-8-25)17(14-5-6-18-19(11-14)29-13-28-18)12-24-21(27)20-15(22)3-2-4-16(20)23/h2-6,11,17H,7-10,12-13H2,1H3,(H,24,27)/t17-/m0/s1. The summed E-state index contributed by atoms with van der Waals surface area (Å²) in [4.78, 5) is 17.0. The number of rotatable bonds is 5. The summed E-state index contributed by atoms with van der Waals surface area (Å²) in [5, 5.41) is 2.71. The van der Waals surface area contributed by atoms with Gasteiger partial charge in [0.15, 0.2) is 11.5 Å². The highest BCUT2D eigenvalue weighted by Crippen LogP contribution is 2.35. The molecule has 0 spiro atoms. The molecule has 0 bridgehead atoms. The van der Waals surface area contributed by atoms with E-state index < -0.39 is 23.1 Å². The minimum atomic E-state index is -0.873. The summed E-state index contributed by atoms with van der Waals surface area (Å²) >= 11 is 0. The Bertz CT molecular complexity index is 880. The molecule has 0 radical (unpaired) electrons. The highest BCUT2D eigenvalue weighted by atomic mass is 19.1. The molecule has 29 heavy (non-hydrogen) atoms. The fraction of sp³-hybridized carbons (Fsp3) is 0.381. The van der Waals surface area contributed by atoms with Gasteiger partial charge in [0.1, 0.15) is 17.2 Å². The van der Waals surface area contributed by atoms with Crippen LogP contribution in [0.3, 0.4) is 0 Å². The van der Waals surface area contributed by atoms with E-state index in [4.69, 9.17) is 9.47 Å². The molecular weight excluding hydrogens is 380 g/mol. The first-order valence-electron chi connectivity index (χ1n) is 9.57. The van der Waals surface area contributed by atoms with Gasteiger partial charge in [0.05, 0.1) is 6.04 Å². The van der Waals surface area contributed by atoms with Crippen molar-refractivity contribution < 1.29 is 23.0 Å². The maximum Gasteiger partial charge on any atom is 0.257 e. The van der Waals surface area contributed by atoms with Gasteiger partial charge in [0, 0.05) is 32.7 Å². The summed E-state index contributed by atoms with van der Waals surface area (Å²) in [6, 6.07) is 8.92. The molecule has 6 nitrogen and oxygen atoms in total. The molecule has 1 amide bonds. The first-order chi connectivity index (χ1) is 14.0. The highest BCUT2D eigenvalue weighted by Gasteiger charge is 2.27. The van der Waals surface area contributed by atoms with Gasteiger partial charge in [0.2, 0.25) is 6.79 Å². The lowest BCUT2D eigenvalue weighted by Gasteiger charge is -2.38. The number of likely N-dealkylation sites (N-methyl/N-ethyl adjacent to an activating group) is 1. The van der Waals surface area contributed by atoms with Gasteiger partial charge in [-0.3, -0.25) is 9.69 Å².